The van der Waals surface area contributed by atoms with E-state index in [1.165, 1.54) is 6.21 Å². The van der Waals surface area contributed by atoms with Crippen molar-refractivity contribution in [2.45, 2.75) is 6.92 Å². The molecule has 1 N–H and O–H groups in total. The molecular weight excluding hydrogens is 263 g/mol. The van der Waals surface area contributed by atoms with Crippen molar-refractivity contribution in [3.63, 3.8) is 0 Å². The van der Waals surface area contributed by atoms with Crippen molar-refractivity contribution >= 4 is 35.3 Å². The lowest BCUT2D eigenvalue weighted by Gasteiger charge is -2.01. The average molecular weight is 275 g/mol. The number of rotatable bonds is 5. The van der Waals surface area contributed by atoms with Crippen LogP contribution in [0.1, 0.15) is 12.5 Å². The van der Waals surface area contributed by atoms with Crippen molar-refractivity contribution < 1.29 is 9.63 Å². The Morgan fingerprint density at radius 1 is 1.47 bits per heavy atom. The summed E-state index contributed by atoms with van der Waals surface area (Å²) < 4.78 is 0. The minimum atomic E-state index is -0.227. The predicted molar refractivity (Wildman–Crippen MR) is 68.7 cm³/mol. The van der Waals surface area contributed by atoms with Gasteiger partial charge in [0.25, 0.3) is 5.91 Å². The van der Waals surface area contributed by atoms with E-state index in [1.54, 1.807) is 18.2 Å². The molecule has 0 saturated heterocycles. The van der Waals surface area contributed by atoms with E-state index in [9.17, 15) is 4.79 Å². The van der Waals surface area contributed by atoms with Gasteiger partial charge in [0.1, 0.15) is 0 Å². The number of halogens is 2. The van der Waals surface area contributed by atoms with Gasteiger partial charge in [0.2, 0.25) is 0 Å². The van der Waals surface area contributed by atoms with Gasteiger partial charge < -0.3 is 10.2 Å². The first-order valence-electron chi connectivity index (χ1n) is 5.01. The summed E-state index contributed by atoms with van der Waals surface area (Å²) in [5.74, 6) is -0.227. The number of amides is 1. The molecule has 17 heavy (non-hydrogen) atoms. The van der Waals surface area contributed by atoms with E-state index in [4.69, 9.17) is 28.0 Å². The second-order valence-electron chi connectivity index (χ2n) is 3.10. The van der Waals surface area contributed by atoms with Gasteiger partial charge in [-0.25, -0.2) is 0 Å². The monoisotopic (exact) mass is 274 g/mol. The molecule has 0 aromatic heterocycles. The van der Waals surface area contributed by atoms with Crippen LogP contribution in [0.2, 0.25) is 10.0 Å². The third-order valence-corrected chi connectivity index (χ3v) is 2.48. The molecule has 1 aromatic carbocycles. The van der Waals surface area contributed by atoms with E-state index in [1.807, 2.05) is 6.92 Å². The summed E-state index contributed by atoms with van der Waals surface area (Å²) in [7, 11) is 0. The Hall–Kier alpha value is -1.26. The Bertz CT molecular complexity index is 402. The van der Waals surface area contributed by atoms with Gasteiger partial charge in [-0.05, 0) is 19.1 Å². The molecule has 0 aliphatic heterocycles. The lowest BCUT2D eigenvalue weighted by Crippen LogP contribution is -2.26. The maximum atomic E-state index is 11.0. The third kappa shape index (κ3) is 4.63. The van der Waals surface area contributed by atoms with Crippen molar-refractivity contribution in [2.24, 2.45) is 5.16 Å². The Balaban J connectivity index is 2.51. The Kier molecular flexibility index (Phi) is 5.80. The standard InChI is InChI=1S/C11H12Cl2N2O2/c1-2-14-11(16)7-17-15-6-8-9(12)4-3-5-10(8)13/h3-6H,2,7H2,1H3,(H,14,16)/b15-6+. The summed E-state index contributed by atoms with van der Waals surface area (Å²) in [6, 6.07) is 5.12. The number of oxime groups is 1. The quantitative estimate of drug-likeness (QED) is 0.663. The van der Waals surface area contributed by atoms with E-state index in [0.717, 1.165) is 0 Å². The van der Waals surface area contributed by atoms with Crippen LogP contribution in [0.3, 0.4) is 0 Å². The number of carbonyl (C=O) groups is 1. The summed E-state index contributed by atoms with van der Waals surface area (Å²) in [4.78, 5) is 15.8. The fourth-order valence-electron chi connectivity index (χ4n) is 1.07. The first-order chi connectivity index (χ1) is 8.15. The normalized spacial score (nSPS) is 10.5. The molecule has 1 rings (SSSR count). The minimum absolute atomic E-state index is 0.133. The summed E-state index contributed by atoms with van der Waals surface area (Å²) in [6.07, 6.45) is 1.38. The highest BCUT2D eigenvalue weighted by Crippen LogP contribution is 2.22. The van der Waals surface area contributed by atoms with E-state index in [-0.39, 0.29) is 12.5 Å². The van der Waals surface area contributed by atoms with Crippen LogP contribution in [-0.2, 0) is 9.63 Å². The van der Waals surface area contributed by atoms with Crippen molar-refractivity contribution in [1.29, 1.82) is 0 Å². The molecule has 0 bridgehead atoms. The van der Waals surface area contributed by atoms with Crippen LogP contribution >= 0.6 is 23.2 Å². The summed E-state index contributed by atoms with van der Waals surface area (Å²) >= 11 is 11.8. The van der Waals surface area contributed by atoms with E-state index >= 15 is 0 Å². The van der Waals surface area contributed by atoms with Crippen LogP contribution in [0, 0.1) is 0 Å². The van der Waals surface area contributed by atoms with Gasteiger partial charge in [-0.2, -0.15) is 0 Å². The zero-order valence-electron chi connectivity index (χ0n) is 9.24. The zero-order chi connectivity index (χ0) is 12.7. The molecule has 0 saturated carbocycles. The van der Waals surface area contributed by atoms with Crippen molar-refractivity contribution in [1.82, 2.24) is 5.32 Å². The maximum Gasteiger partial charge on any atom is 0.260 e. The number of benzene rings is 1. The summed E-state index contributed by atoms with van der Waals surface area (Å²) in [6.45, 7) is 2.25. The van der Waals surface area contributed by atoms with Crippen LogP contribution in [-0.4, -0.2) is 25.3 Å². The summed E-state index contributed by atoms with van der Waals surface area (Å²) in [5.41, 5.74) is 0.562. The topological polar surface area (TPSA) is 50.7 Å². The first kappa shape index (κ1) is 13.8. The van der Waals surface area contributed by atoms with Crippen LogP contribution in [0.4, 0.5) is 0 Å². The Labute approximate surface area is 110 Å². The van der Waals surface area contributed by atoms with Crippen molar-refractivity contribution in [3.05, 3.63) is 33.8 Å². The molecule has 6 heteroatoms. The molecule has 0 aliphatic rings. The van der Waals surface area contributed by atoms with Gasteiger partial charge in [-0.3, -0.25) is 4.79 Å². The van der Waals surface area contributed by atoms with Crippen LogP contribution in [0.15, 0.2) is 23.4 Å². The van der Waals surface area contributed by atoms with E-state index in [0.29, 0.717) is 22.2 Å². The van der Waals surface area contributed by atoms with E-state index in [2.05, 4.69) is 10.5 Å². The fourth-order valence-corrected chi connectivity index (χ4v) is 1.56. The van der Waals surface area contributed by atoms with Gasteiger partial charge in [0.05, 0.1) is 16.3 Å². The minimum Gasteiger partial charge on any atom is -0.386 e. The summed E-state index contributed by atoms with van der Waals surface area (Å²) in [5, 5.41) is 7.16. The lowest BCUT2D eigenvalue weighted by atomic mass is 10.2. The highest BCUT2D eigenvalue weighted by Gasteiger charge is 2.02. The highest BCUT2D eigenvalue weighted by molar-refractivity contribution is 6.38. The number of nitrogens with one attached hydrogen (secondary N) is 1. The average Bonchev–Trinajstić information content (AvgIpc) is 2.28. The van der Waals surface area contributed by atoms with Crippen LogP contribution in [0.25, 0.3) is 0 Å². The number of carbonyl (C=O) groups excluding carboxylic acids is 1. The maximum absolute atomic E-state index is 11.0. The molecule has 0 aliphatic carbocycles. The predicted octanol–water partition coefficient (Wildman–Crippen LogP) is 2.48. The second-order valence-corrected chi connectivity index (χ2v) is 3.91. The van der Waals surface area contributed by atoms with Crippen molar-refractivity contribution in [2.75, 3.05) is 13.2 Å². The van der Waals surface area contributed by atoms with Gasteiger partial charge in [0, 0.05) is 12.1 Å². The molecule has 0 spiro atoms. The van der Waals surface area contributed by atoms with Crippen LogP contribution in [0.5, 0.6) is 0 Å². The molecule has 92 valence electrons. The van der Waals surface area contributed by atoms with Gasteiger partial charge in [-0.1, -0.05) is 34.4 Å². The number of hydrogen-bond donors (Lipinski definition) is 1. The smallest absolute Gasteiger partial charge is 0.260 e. The Morgan fingerprint density at radius 3 is 2.71 bits per heavy atom. The Morgan fingerprint density at radius 2 is 2.12 bits per heavy atom. The SMILES string of the molecule is CCNC(=O)CO/N=C/c1c(Cl)cccc1Cl. The van der Waals surface area contributed by atoms with Gasteiger partial charge >= 0.3 is 0 Å². The number of likely N-dealkylation sites (N-methyl/N-ethyl adjacent to an activating group) is 1. The highest BCUT2D eigenvalue weighted by atomic mass is 35.5. The molecule has 1 amide bonds. The third-order valence-electron chi connectivity index (χ3n) is 1.83. The van der Waals surface area contributed by atoms with Gasteiger partial charge in [0.15, 0.2) is 6.61 Å². The van der Waals surface area contributed by atoms with Crippen LogP contribution < -0.4 is 5.32 Å². The molecule has 0 radical (unpaired) electrons. The first-order valence-corrected chi connectivity index (χ1v) is 5.76. The van der Waals surface area contributed by atoms with E-state index < -0.39 is 0 Å². The molecule has 0 unspecified atom stereocenters. The molecule has 0 heterocycles. The largest absolute Gasteiger partial charge is 0.386 e. The van der Waals surface area contributed by atoms with Gasteiger partial charge in [-0.15, -0.1) is 0 Å². The molecular formula is C11H12Cl2N2O2. The molecule has 0 atom stereocenters. The molecule has 4 nitrogen and oxygen atoms in total. The second kappa shape index (κ2) is 7.14. The van der Waals surface area contributed by atoms with Crippen molar-refractivity contribution in [3.8, 4) is 0 Å². The molecule has 1 aromatic rings. The number of nitrogens with zero attached hydrogens (tertiary/aromatic N) is 1. The fraction of sp³-hybridized carbons (Fsp3) is 0.273. The zero-order valence-corrected chi connectivity index (χ0v) is 10.8. The molecule has 0 fully saturated rings. The lowest BCUT2D eigenvalue weighted by molar-refractivity contribution is -0.125. The number of hydrogen-bond acceptors (Lipinski definition) is 3.